The Morgan fingerprint density at radius 1 is 0.931 bits per heavy atom. The predicted octanol–water partition coefficient (Wildman–Crippen LogP) is 2.01. The Balaban J connectivity index is 1.26. The minimum Gasteiger partial charge on any atom is -0.351 e. The van der Waals surface area contributed by atoms with Crippen molar-refractivity contribution in [2.24, 2.45) is 9.98 Å². The van der Waals surface area contributed by atoms with Crippen LogP contribution in [-0.2, 0) is 17.9 Å². The summed E-state index contributed by atoms with van der Waals surface area (Å²) in [5.41, 5.74) is 7.62. The predicted molar refractivity (Wildman–Crippen MR) is 111 cm³/mol. The van der Waals surface area contributed by atoms with E-state index in [0.717, 1.165) is 16.8 Å². The second-order valence-electron chi connectivity index (χ2n) is 7.37. The fourth-order valence-corrected chi connectivity index (χ4v) is 3.73. The van der Waals surface area contributed by atoms with Gasteiger partial charge in [0.1, 0.15) is 0 Å². The Bertz CT molecular complexity index is 1010. The second-order valence-corrected chi connectivity index (χ2v) is 7.37. The topological polar surface area (TPSA) is 72.3 Å². The van der Waals surface area contributed by atoms with E-state index in [2.05, 4.69) is 45.0 Å². The Morgan fingerprint density at radius 2 is 1.66 bits per heavy atom. The molecule has 2 N–H and O–H groups in total. The van der Waals surface area contributed by atoms with E-state index in [9.17, 15) is 4.79 Å². The number of fused-ring (bicyclic) bond motifs is 1. The minimum absolute atomic E-state index is 0.114. The van der Waals surface area contributed by atoms with Crippen molar-refractivity contribution in [2.75, 3.05) is 13.1 Å². The third-order valence-corrected chi connectivity index (χ3v) is 5.26. The van der Waals surface area contributed by atoms with E-state index in [4.69, 9.17) is 0 Å². The molecule has 2 aromatic carbocycles. The van der Waals surface area contributed by atoms with E-state index in [1.165, 1.54) is 5.56 Å². The maximum Gasteiger partial charge on any atom is 0.248 e. The van der Waals surface area contributed by atoms with Crippen LogP contribution in [-0.4, -0.2) is 40.8 Å². The second kappa shape index (κ2) is 7.43. The van der Waals surface area contributed by atoms with E-state index >= 15 is 0 Å². The van der Waals surface area contributed by atoms with E-state index in [1.807, 2.05) is 46.3 Å². The Kier molecular flexibility index (Phi) is 4.48. The average molecular weight is 386 g/mol. The van der Waals surface area contributed by atoms with Crippen molar-refractivity contribution in [3.63, 3.8) is 0 Å². The molecule has 0 saturated heterocycles. The van der Waals surface area contributed by atoms with Crippen molar-refractivity contribution in [2.45, 2.75) is 19.5 Å². The third-order valence-electron chi connectivity index (χ3n) is 5.26. The lowest BCUT2D eigenvalue weighted by Gasteiger charge is -2.34. The van der Waals surface area contributed by atoms with Crippen LogP contribution >= 0.6 is 0 Å². The van der Waals surface area contributed by atoms with Crippen molar-refractivity contribution in [3.05, 3.63) is 83.1 Å². The summed E-state index contributed by atoms with van der Waals surface area (Å²) in [5.74, 6) is 1.41. The molecule has 3 aliphatic rings. The number of amides is 1. The van der Waals surface area contributed by atoms with E-state index in [-0.39, 0.29) is 5.91 Å². The molecule has 2 aromatic rings. The Hall–Kier alpha value is -3.61. The maximum absolute atomic E-state index is 12.6. The zero-order valence-corrected chi connectivity index (χ0v) is 16.0. The highest BCUT2D eigenvalue weighted by Crippen LogP contribution is 2.26. The molecule has 0 aliphatic carbocycles. The van der Waals surface area contributed by atoms with Crippen LogP contribution in [0.1, 0.15) is 17.5 Å². The first kappa shape index (κ1) is 17.5. The molecule has 3 heterocycles. The summed E-state index contributed by atoms with van der Waals surface area (Å²) in [5, 5.41) is 5.24. The zero-order chi connectivity index (χ0) is 19.6. The van der Waals surface area contributed by atoms with Gasteiger partial charge in [0.05, 0.1) is 18.7 Å². The smallest absolute Gasteiger partial charge is 0.248 e. The molecule has 0 atom stereocenters. The molecular weight excluding hydrogens is 364 g/mol. The number of guanidine groups is 2. The van der Waals surface area contributed by atoms with Crippen molar-refractivity contribution in [1.29, 1.82) is 0 Å². The molecule has 29 heavy (non-hydrogen) atoms. The van der Waals surface area contributed by atoms with Gasteiger partial charge in [-0.05, 0) is 16.7 Å². The molecule has 5 rings (SSSR count). The van der Waals surface area contributed by atoms with Crippen molar-refractivity contribution >= 4 is 17.8 Å². The quantitative estimate of drug-likeness (QED) is 0.843. The van der Waals surface area contributed by atoms with Crippen LogP contribution in [0.2, 0.25) is 0 Å². The van der Waals surface area contributed by atoms with Crippen LogP contribution in [0.25, 0.3) is 0 Å². The summed E-state index contributed by atoms with van der Waals surface area (Å²) in [6.07, 6.45) is 0.335. The number of carbonyl (C=O) groups excluding carboxylic acids is 1. The van der Waals surface area contributed by atoms with Crippen LogP contribution < -0.4 is 10.7 Å². The standard InChI is InChI=1S/C22H22N6O/c29-20-11-19-18(14-27(20)13-17-9-5-2-6-10-17)15-28-22(24-19)25-21(26-28)23-12-16-7-3-1-4-8-16/h1-10H,11-15H2,(H2,23,24,25,26). The SMILES string of the molecule is O=C1CC2=C(CN1Cc1ccccc1)CN1NC(NCc3ccccc3)=NC1=N2. The molecule has 0 aromatic heterocycles. The average Bonchev–Trinajstić information content (AvgIpc) is 3.14. The van der Waals surface area contributed by atoms with Crippen LogP contribution in [0, 0.1) is 0 Å². The number of hydrazine groups is 1. The minimum atomic E-state index is 0.114. The summed E-state index contributed by atoms with van der Waals surface area (Å²) in [6.45, 7) is 2.59. The number of carbonyl (C=O) groups is 1. The normalized spacial score (nSPS) is 18.0. The molecule has 0 bridgehead atoms. The first-order chi connectivity index (χ1) is 14.2. The number of benzene rings is 2. The molecule has 0 unspecified atom stereocenters. The Labute approximate surface area is 169 Å². The number of aliphatic imine (C=N–C) groups is 2. The molecule has 3 aliphatic heterocycles. The van der Waals surface area contributed by atoms with E-state index in [0.29, 0.717) is 44.5 Å². The van der Waals surface area contributed by atoms with Gasteiger partial charge in [0.15, 0.2) is 0 Å². The summed E-state index contributed by atoms with van der Waals surface area (Å²) in [6, 6.07) is 20.3. The molecule has 0 fully saturated rings. The van der Waals surface area contributed by atoms with Crippen LogP contribution in [0.4, 0.5) is 0 Å². The van der Waals surface area contributed by atoms with Crippen molar-refractivity contribution < 1.29 is 4.79 Å². The highest BCUT2D eigenvalue weighted by Gasteiger charge is 2.33. The van der Waals surface area contributed by atoms with E-state index in [1.54, 1.807) is 0 Å². The number of rotatable bonds is 4. The van der Waals surface area contributed by atoms with Crippen molar-refractivity contribution in [1.82, 2.24) is 20.7 Å². The van der Waals surface area contributed by atoms with Crippen LogP contribution in [0.5, 0.6) is 0 Å². The van der Waals surface area contributed by atoms with Gasteiger partial charge in [0, 0.05) is 19.6 Å². The monoisotopic (exact) mass is 386 g/mol. The summed E-state index contributed by atoms with van der Waals surface area (Å²) in [4.78, 5) is 23.7. The van der Waals surface area contributed by atoms with Gasteiger partial charge in [0.2, 0.25) is 17.8 Å². The zero-order valence-electron chi connectivity index (χ0n) is 16.0. The summed E-state index contributed by atoms with van der Waals surface area (Å²) in [7, 11) is 0. The third kappa shape index (κ3) is 3.71. The Morgan fingerprint density at radius 3 is 2.41 bits per heavy atom. The molecular formula is C22H22N6O. The fraction of sp³-hybridized carbons (Fsp3) is 0.227. The van der Waals surface area contributed by atoms with Gasteiger partial charge in [-0.3, -0.25) is 10.2 Å². The van der Waals surface area contributed by atoms with Crippen LogP contribution in [0.3, 0.4) is 0 Å². The highest BCUT2D eigenvalue weighted by molar-refractivity contribution is 6.01. The molecule has 0 saturated carbocycles. The molecule has 0 radical (unpaired) electrons. The first-order valence-corrected chi connectivity index (χ1v) is 9.76. The number of nitrogens with one attached hydrogen (secondary N) is 2. The van der Waals surface area contributed by atoms with Gasteiger partial charge in [-0.15, -0.1) is 0 Å². The molecule has 0 spiro atoms. The van der Waals surface area contributed by atoms with Gasteiger partial charge in [-0.1, -0.05) is 60.7 Å². The highest BCUT2D eigenvalue weighted by atomic mass is 16.2. The fourth-order valence-electron chi connectivity index (χ4n) is 3.73. The largest absolute Gasteiger partial charge is 0.351 e. The lowest BCUT2D eigenvalue weighted by Crippen LogP contribution is -2.48. The number of hydrogen-bond donors (Lipinski definition) is 2. The molecule has 1 amide bonds. The first-order valence-electron chi connectivity index (χ1n) is 9.76. The molecule has 7 heteroatoms. The van der Waals surface area contributed by atoms with Gasteiger partial charge >= 0.3 is 0 Å². The van der Waals surface area contributed by atoms with Gasteiger partial charge in [0.25, 0.3) is 0 Å². The van der Waals surface area contributed by atoms with Gasteiger partial charge in [-0.25, -0.2) is 10.0 Å². The lowest BCUT2D eigenvalue weighted by atomic mass is 10.0. The lowest BCUT2D eigenvalue weighted by molar-refractivity contribution is -0.131. The van der Waals surface area contributed by atoms with Crippen molar-refractivity contribution in [3.8, 4) is 0 Å². The number of hydrogen-bond acceptors (Lipinski definition) is 6. The van der Waals surface area contributed by atoms with Gasteiger partial charge < -0.3 is 10.2 Å². The molecule has 146 valence electrons. The summed E-state index contributed by atoms with van der Waals surface area (Å²) >= 11 is 0. The van der Waals surface area contributed by atoms with Gasteiger partial charge in [-0.2, -0.15) is 4.99 Å². The molecule has 7 nitrogen and oxygen atoms in total. The number of nitrogens with zero attached hydrogens (tertiary/aromatic N) is 4. The van der Waals surface area contributed by atoms with Crippen LogP contribution in [0.15, 0.2) is 81.9 Å². The van der Waals surface area contributed by atoms with E-state index < -0.39 is 0 Å². The maximum atomic E-state index is 12.6. The summed E-state index contributed by atoms with van der Waals surface area (Å²) < 4.78 is 0.